The number of rotatable bonds is 5. The minimum atomic E-state index is -3.40. The fraction of sp³-hybridized carbons (Fsp3) is 0.500. The lowest BCUT2D eigenvalue weighted by atomic mass is 10.1. The highest BCUT2D eigenvalue weighted by Gasteiger charge is 2.27. The summed E-state index contributed by atoms with van der Waals surface area (Å²) in [6.07, 6.45) is 2.81. The lowest BCUT2D eigenvalue weighted by molar-refractivity contribution is 0.431. The Hall–Kier alpha value is -1.17. The monoisotopic (exact) mass is 308 g/mol. The molecule has 116 valence electrons. The van der Waals surface area contributed by atoms with Crippen molar-refractivity contribution >= 4 is 10.0 Å². The molecule has 0 spiro atoms. The standard InChI is InChI=1S/C16H24N2O2S/c1-4-17-12-15-6-5-14(3)16(11-15)21(19,20)18-9-7-13(2)8-10-18/h5-7,11,17H,4,8-10,12H2,1-3H3. The summed E-state index contributed by atoms with van der Waals surface area (Å²) in [5, 5.41) is 3.23. The van der Waals surface area contributed by atoms with Gasteiger partial charge in [-0.2, -0.15) is 4.31 Å². The van der Waals surface area contributed by atoms with Crippen molar-refractivity contribution in [1.29, 1.82) is 0 Å². The molecule has 1 N–H and O–H groups in total. The van der Waals surface area contributed by atoms with E-state index in [1.807, 2.05) is 39.0 Å². The zero-order chi connectivity index (χ0) is 15.5. The van der Waals surface area contributed by atoms with Gasteiger partial charge in [0.05, 0.1) is 4.90 Å². The molecule has 4 nitrogen and oxygen atoms in total. The Morgan fingerprint density at radius 1 is 1.29 bits per heavy atom. The maximum absolute atomic E-state index is 12.8. The van der Waals surface area contributed by atoms with Crippen LogP contribution < -0.4 is 5.32 Å². The topological polar surface area (TPSA) is 49.4 Å². The van der Waals surface area contributed by atoms with E-state index in [1.165, 1.54) is 5.57 Å². The molecule has 0 aliphatic carbocycles. The zero-order valence-corrected chi connectivity index (χ0v) is 13.8. The van der Waals surface area contributed by atoms with Crippen molar-refractivity contribution in [2.75, 3.05) is 19.6 Å². The Bertz CT molecular complexity index is 636. The van der Waals surface area contributed by atoms with E-state index >= 15 is 0 Å². The Labute approximate surface area is 127 Å². The maximum atomic E-state index is 12.8. The molecule has 0 radical (unpaired) electrons. The molecule has 0 bridgehead atoms. The first-order chi connectivity index (χ1) is 9.95. The van der Waals surface area contributed by atoms with Gasteiger partial charge in [0, 0.05) is 19.6 Å². The molecular weight excluding hydrogens is 284 g/mol. The smallest absolute Gasteiger partial charge is 0.243 e. The van der Waals surface area contributed by atoms with Crippen molar-refractivity contribution in [2.24, 2.45) is 0 Å². The average Bonchev–Trinajstić information content (AvgIpc) is 2.46. The van der Waals surface area contributed by atoms with Crippen LogP contribution >= 0.6 is 0 Å². The van der Waals surface area contributed by atoms with Gasteiger partial charge in [-0.1, -0.05) is 30.7 Å². The van der Waals surface area contributed by atoms with Gasteiger partial charge < -0.3 is 5.32 Å². The maximum Gasteiger partial charge on any atom is 0.243 e. The number of benzene rings is 1. The largest absolute Gasteiger partial charge is 0.313 e. The van der Waals surface area contributed by atoms with Crippen LogP contribution in [-0.4, -0.2) is 32.4 Å². The van der Waals surface area contributed by atoms with E-state index in [1.54, 1.807) is 10.4 Å². The Morgan fingerprint density at radius 3 is 2.67 bits per heavy atom. The molecule has 0 saturated heterocycles. The van der Waals surface area contributed by atoms with E-state index in [4.69, 9.17) is 0 Å². The highest BCUT2D eigenvalue weighted by Crippen LogP contribution is 2.24. The van der Waals surface area contributed by atoms with Gasteiger partial charge in [0.2, 0.25) is 10.0 Å². The third-order valence-corrected chi connectivity index (χ3v) is 5.86. The lowest BCUT2D eigenvalue weighted by Crippen LogP contribution is -2.35. The molecule has 0 fully saturated rings. The van der Waals surface area contributed by atoms with E-state index in [9.17, 15) is 8.42 Å². The second-order valence-corrected chi connectivity index (χ2v) is 7.45. The number of sulfonamides is 1. The number of aryl methyl sites for hydroxylation is 1. The molecule has 1 heterocycles. The first-order valence-corrected chi connectivity index (χ1v) is 8.85. The van der Waals surface area contributed by atoms with Crippen LogP contribution in [0.15, 0.2) is 34.7 Å². The van der Waals surface area contributed by atoms with Crippen molar-refractivity contribution in [3.8, 4) is 0 Å². The summed E-state index contributed by atoms with van der Waals surface area (Å²) in [6.45, 7) is 8.55. The molecule has 1 aliphatic rings. The summed E-state index contributed by atoms with van der Waals surface area (Å²) in [7, 11) is -3.40. The molecule has 1 aliphatic heterocycles. The van der Waals surface area contributed by atoms with E-state index in [0.717, 1.165) is 24.1 Å². The molecule has 0 saturated carbocycles. The van der Waals surface area contributed by atoms with Crippen LogP contribution in [0.25, 0.3) is 0 Å². The second-order valence-electron chi connectivity index (χ2n) is 5.54. The van der Waals surface area contributed by atoms with Crippen LogP contribution in [0.3, 0.4) is 0 Å². The van der Waals surface area contributed by atoms with Crippen LogP contribution in [0.1, 0.15) is 31.4 Å². The summed E-state index contributed by atoms with van der Waals surface area (Å²) in [5.74, 6) is 0. The predicted molar refractivity (Wildman–Crippen MR) is 85.7 cm³/mol. The van der Waals surface area contributed by atoms with Crippen LogP contribution in [-0.2, 0) is 16.6 Å². The second kappa shape index (κ2) is 6.73. The average molecular weight is 308 g/mol. The Morgan fingerprint density at radius 2 is 2.05 bits per heavy atom. The summed E-state index contributed by atoms with van der Waals surface area (Å²) in [4.78, 5) is 0.436. The molecule has 0 unspecified atom stereocenters. The molecular formula is C16H24N2O2S. The number of nitrogens with zero attached hydrogens (tertiary/aromatic N) is 1. The molecule has 21 heavy (non-hydrogen) atoms. The minimum Gasteiger partial charge on any atom is -0.313 e. The molecule has 0 amide bonds. The van der Waals surface area contributed by atoms with Gasteiger partial charge in [0.1, 0.15) is 0 Å². The highest BCUT2D eigenvalue weighted by atomic mass is 32.2. The molecule has 0 atom stereocenters. The molecule has 0 aromatic heterocycles. The zero-order valence-electron chi connectivity index (χ0n) is 13.0. The van der Waals surface area contributed by atoms with E-state index in [0.29, 0.717) is 24.5 Å². The van der Waals surface area contributed by atoms with E-state index < -0.39 is 10.0 Å². The van der Waals surface area contributed by atoms with Crippen molar-refractivity contribution in [2.45, 2.75) is 38.6 Å². The van der Waals surface area contributed by atoms with Crippen molar-refractivity contribution < 1.29 is 8.42 Å². The van der Waals surface area contributed by atoms with Crippen LogP contribution in [0.4, 0.5) is 0 Å². The van der Waals surface area contributed by atoms with Crippen LogP contribution in [0.5, 0.6) is 0 Å². The fourth-order valence-corrected chi connectivity index (χ4v) is 4.07. The van der Waals surface area contributed by atoms with Crippen molar-refractivity contribution in [1.82, 2.24) is 9.62 Å². The van der Waals surface area contributed by atoms with Gasteiger partial charge in [-0.05, 0) is 44.0 Å². The SMILES string of the molecule is CCNCc1ccc(C)c(S(=O)(=O)N2CC=C(C)CC2)c1. The molecule has 5 heteroatoms. The summed E-state index contributed by atoms with van der Waals surface area (Å²) < 4.78 is 27.2. The fourth-order valence-electron chi connectivity index (χ4n) is 2.41. The number of hydrogen-bond donors (Lipinski definition) is 1. The normalized spacial score (nSPS) is 16.8. The summed E-state index contributed by atoms with van der Waals surface area (Å²) >= 11 is 0. The lowest BCUT2D eigenvalue weighted by Gasteiger charge is -2.25. The van der Waals surface area contributed by atoms with Gasteiger partial charge >= 0.3 is 0 Å². The van der Waals surface area contributed by atoms with Crippen LogP contribution in [0.2, 0.25) is 0 Å². The number of nitrogens with one attached hydrogen (secondary N) is 1. The van der Waals surface area contributed by atoms with Crippen molar-refractivity contribution in [3.05, 3.63) is 41.0 Å². The van der Waals surface area contributed by atoms with E-state index in [-0.39, 0.29) is 0 Å². The highest BCUT2D eigenvalue weighted by molar-refractivity contribution is 7.89. The van der Waals surface area contributed by atoms with Crippen LogP contribution in [0, 0.1) is 6.92 Å². The van der Waals surface area contributed by atoms with E-state index in [2.05, 4.69) is 5.32 Å². The molecule has 1 aromatic carbocycles. The first-order valence-electron chi connectivity index (χ1n) is 7.41. The van der Waals surface area contributed by atoms with Gasteiger partial charge in [-0.25, -0.2) is 8.42 Å². The summed E-state index contributed by atoms with van der Waals surface area (Å²) in [6, 6.07) is 5.68. The van der Waals surface area contributed by atoms with Crippen molar-refractivity contribution in [3.63, 3.8) is 0 Å². The summed E-state index contributed by atoms with van der Waals surface area (Å²) in [5.41, 5.74) is 3.07. The van der Waals surface area contributed by atoms with Gasteiger partial charge in [0.15, 0.2) is 0 Å². The quantitative estimate of drug-likeness (QED) is 0.850. The first kappa shape index (κ1) is 16.2. The number of hydrogen-bond acceptors (Lipinski definition) is 3. The minimum absolute atomic E-state index is 0.436. The predicted octanol–water partition coefficient (Wildman–Crippen LogP) is 2.45. The Kier molecular flexibility index (Phi) is 5.19. The van der Waals surface area contributed by atoms with Gasteiger partial charge in [-0.15, -0.1) is 0 Å². The molecule has 2 rings (SSSR count). The third kappa shape index (κ3) is 3.73. The van der Waals surface area contributed by atoms with Gasteiger partial charge in [-0.3, -0.25) is 0 Å². The molecule has 1 aromatic rings. The third-order valence-electron chi connectivity index (χ3n) is 3.85. The van der Waals surface area contributed by atoms with Gasteiger partial charge in [0.25, 0.3) is 0 Å². The Balaban J connectivity index is 2.31.